The van der Waals surface area contributed by atoms with Crippen LogP contribution in [0.1, 0.15) is 43.6 Å². The molecule has 0 saturated carbocycles. The average Bonchev–Trinajstić information content (AvgIpc) is 2.39. The van der Waals surface area contributed by atoms with Crippen molar-refractivity contribution in [2.75, 3.05) is 5.73 Å². The second kappa shape index (κ2) is 7.13. The average molecular weight is 321 g/mol. The van der Waals surface area contributed by atoms with Crippen LogP contribution in [-0.2, 0) is 9.53 Å². The predicted molar refractivity (Wildman–Crippen MR) is 86.9 cm³/mol. The number of esters is 1. The van der Waals surface area contributed by atoms with E-state index in [0.717, 1.165) is 5.56 Å². The zero-order valence-corrected chi connectivity index (χ0v) is 14.0. The molecule has 1 rings (SSSR count). The van der Waals surface area contributed by atoms with Crippen molar-refractivity contribution >= 4 is 23.6 Å². The van der Waals surface area contributed by atoms with Crippen LogP contribution >= 0.6 is 0 Å². The van der Waals surface area contributed by atoms with Gasteiger partial charge in [-0.25, -0.2) is 9.59 Å². The maximum absolute atomic E-state index is 12.0. The van der Waals surface area contributed by atoms with Gasteiger partial charge in [-0.2, -0.15) is 0 Å². The maximum atomic E-state index is 12.0. The molecule has 3 amide bonds. The molecule has 0 spiro atoms. The first kappa shape index (κ1) is 18.5. The number of ether oxygens (including phenoxy) is 1. The highest BCUT2D eigenvalue weighted by atomic mass is 16.5. The molecule has 0 bridgehead atoms. The van der Waals surface area contributed by atoms with Crippen molar-refractivity contribution in [3.63, 3.8) is 0 Å². The number of imide groups is 1. The molecule has 0 unspecified atom stereocenters. The maximum Gasteiger partial charge on any atom is 0.338 e. The third kappa shape index (κ3) is 5.98. The summed E-state index contributed by atoms with van der Waals surface area (Å²) in [5.74, 6) is -1.39. The van der Waals surface area contributed by atoms with E-state index >= 15 is 0 Å². The Kier molecular flexibility index (Phi) is 5.73. The van der Waals surface area contributed by atoms with E-state index in [9.17, 15) is 14.4 Å². The van der Waals surface area contributed by atoms with Crippen molar-refractivity contribution in [3.05, 3.63) is 29.3 Å². The number of amides is 3. The smallest absolute Gasteiger partial charge is 0.338 e. The third-order valence-electron chi connectivity index (χ3n) is 2.89. The minimum atomic E-state index is -1.12. The van der Waals surface area contributed by atoms with Crippen molar-refractivity contribution < 1.29 is 19.1 Å². The molecule has 0 heterocycles. The summed E-state index contributed by atoms with van der Waals surface area (Å²) >= 11 is 0. The number of benzene rings is 1. The number of carbonyl (C=O) groups is 3. The second-order valence-electron chi connectivity index (χ2n) is 6.31. The summed E-state index contributed by atoms with van der Waals surface area (Å²) in [6.45, 7) is 8.54. The number of urea groups is 1. The Bertz CT molecular complexity index is 620. The van der Waals surface area contributed by atoms with E-state index in [1.165, 1.54) is 13.0 Å². The zero-order chi connectivity index (χ0) is 17.8. The van der Waals surface area contributed by atoms with Gasteiger partial charge in [-0.05, 0) is 52.3 Å². The zero-order valence-electron chi connectivity index (χ0n) is 14.0. The summed E-state index contributed by atoms with van der Waals surface area (Å²) in [6, 6.07) is 4.08. The number of rotatable bonds is 3. The van der Waals surface area contributed by atoms with Crippen LogP contribution in [0.3, 0.4) is 0 Å². The molecule has 0 radical (unpaired) electrons. The minimum absolute atomic E-state index is 0.242. The van der Waals surface area contributed by atoms with E-state index in [4.69, 9.17) is 10.5 Å². The number of nitrogens with one attached hydrogen (secondary N) is 2. The molecule has 0 aliphatic rings. The molecule has 1 aromatic rings. The normalized spacial score (nSPS) is 12.2. The Morgan fingerprint density at radius 1 is 1.22 bits per heavy atom. The van der Waals surface area contributed by atoms with E-state index in [1.54, 1.807) is 32.9 Å². The Morgan fingerprint density at radius 3 is 2.35 bits per heavy atom. The number of carbonyl (C=O) groups excluding carboxylic acids is 3. The standard InChI is InChI=1S/C16H23N3O4/c1-9-6-7-11(8-12(9)17)14(21)23-10(2)13(20)18-15(22)19-16(3,4)5/h6-8,10H,17H2,1-5H3,(H2,18,19,20,22)/t10-/m0/s1. The third-order valence-corrected chi connectivity index (χ3v) is 2.89. The number of anilines is 1. The van der Waals surface area contributed by atoms with Gasteiger partial charge < -0.3 is 15.8 Å². The van der Waals surface area contributed by atoms with Crippen LogP contribution in [-0.4, -0.2) is 29.6 Å². The van der Waals surface area contributed by atoms with Crippen LogP contribution in [0.5, 0.6) is 0 Å². The second-order valence-corrected chi connectivity index (χ2v) is 6.31. The molecule has 4 N–H and O–H groups in total. The summed E-state index contributed by atoms with van der Waals surface area (Å²) in [5, 5.41) is 4.70. The molecule has 7 heteroatoms. The van der Waals surface area contributed by atoms with Gasteiger partial charge in [0.05, 0.1) is 5.56 Å². The Labute approximate surface area is 135 Å². The van der Waals surface area contributed by atoms with Gasteiger partial charge in [-0.1, -0.05) is 6.07 Å². The number of aryl methyl sites for hydroxylation is 1. The van der Waals surface area contributed by atoms with Crippen molar-refractivity contribution in [1.82, 2.24) is 10.6 Å². The molecular formula is C16H23N3O4. The van der Waals surface area contributed by atoms with Crippen LogP contribution < -0.4 is 16.4 Å². The van der Waals surface area contributed by atoms with Gasteiger partial charge in [0.15, 0.2) is 6.10 Å². The van der Waals surface area contributed by atoms with Crippen LogP contribution in [0, 0.1) is 6.92 Å². The summed E-state index contributed by atoms with van der Waals surface area (Å²) < 4.78 is 5.04. The van der Waals surface area contributed by atoms with Crippen LogP contribution in [0.4, 0.5) is 10.5 Å². The molecule has 1 atom stereocenters. The number of nitrogens with two attached hydrogens (primary N) is 1. The Balaban J connectivity index is 2.62. The largest absolute Gasteiger partial charge is 0.449 e. The minimum Gasteiger partial charge on any atom is -0.449 e. The van der Waals surface area contributed by atoms with Crippen molar-refractivity contribution in [2.24, 2.45) is 0 Å². The Morgan fingerprint density at radius 2 is 1.83 bits per heavy atom. The van der Waals surface area contributed by atoms with Gasteiger partial charge >= 0.3 is 12.0 Å². The highest BCUT2D eigenvalue weighted by Crippen LogP contribution is 2.14. The fourth-order valence-electron chi connectivity index (χ4n) is 1.63. The lowest BCUT2D eigenvalue weighted by molar-refractivity contribution is -0.127. The van der Waals surface area contributed by atoms with Crippen LogP contribution in [0.15, 0.2) is 18.2 Å². The molecule has 7 nitrogen and oxygen atoms in total. The predicted octanol–water partition coefficient (Wildman–Crippen LogP) is 1.75. The van der Waals surface area contributed by atoms with Gasteiger partial charge in [-0.3, -0.25) is 10.1 Å². The lowest BCUT2D eigenvalue weighted by atomic mass is 10.1. The fraction of sp³-hybridized carbons (Fsp3) is 0.438. The molecule has 0 aliphatic heterocycles. The van der Waals surface area contributed by atoms with E-state index in [-0.39, 0.29) is 5.56 Å². The molecule has 0 fully saturated rings. The summed E-state index contributed by atoms with van der Waals surface area (Å²) in [5.41, 5.74) is 6.79. The van der Waals surface area contributed by atoms with Crippen molar-refractivity contribution in [3.8, 4) is 0 Å². The fourth-order valence-corrected chi connectivity index (χ4v) is 1.63. The molecule has 0 aromatic heterocycles. The molecule has 23 heavy (non-hydrogen) atoms. The summed E-state index contributed by atoms with van der Waals surface area (Å²) in [7, 11) is 0. The van der Waals surface area contributed by atoms with Gasteiger partial charge in [0.1, 0.15) is 0 Å². The molecule has 0 aliphatic carbocycles. The van der Waals surface area contributed by atoms with Gasteiger partial charge in [0.2, 0.25) is 0 Å². The molecule has 0 saturated heterocycles. The first-order valence-corrected chi connectivity index (χ1v) is 7.19. The molecule has 1 aromatic carbocycles. The lowest BCUT2D eigenvalue weighted by Gasteiger charge is -2.21. The van der Waals surface area contributed by atoms with Crippen LogP contribution in [0.2, 0.25) is 0 Å². The first-order valence-electron chi connectivity index (χ1n) is 7.19. The topological polar surface area (TPSA) is 111 Å². The monoisotopic (exact) mass is 321 g/mol. The SMILES string of the molecule is Cc1ccc(C(=O)O[C@@H](C)C(=O)NC(=O)NC(C)(C)C)cc1N. The summed E-state index contributed by atoms with van der Waals surface area (Å²) in [6.07, 6.45) is -1.12. The van der Waals surface area contributed by atoms with Gasteiger partial charge in [0.25, 0.3) is 5.91 Å². The van der Waals surface area contributed by atoms with E-state index in [0.29, 0.717) is 5.69 Å². The summed E-state index contributed by atoms with van der Waals surface area (Å²) in [4.78, 5) is 35.4. The molecule has 126 valence electrons. The van der Waals surface area contributed by atoms with E-state index in [2.05, 4.69) is 10.6 Å². The van der Waals surface area contributed by atoms with Gasteiger partial charge in [-0.15, -0.1) is 0 Å². The van der Waals surface area contributed by atoms with Crippen molar-refractivity contribution in [2.45, 2.75) is 46.3 Å². The van der Waals surface area contributed by atoms with Gasteiger partial charge in [0, 0.05) is 11.2 Å². The highest BCUT2D eigenvalue weighted by molar-refractivity contribution is 5.98. The first-order chi connectivity index (χ1) is 10.5. The van der Waals surface area contributed by atoms with E-state index in [1.807, 2.05) is 6.92 Å². The number of hydrogen-bond acceptors (Lipinski definition) is 5. The Hall–Kier alpha value is -2.57. The quantitative estimate of drug-likeness (QED) is 0.580. The van der Waals surface area contributed by atoms with Crippen LogP contribution in [0.25, 0.3) is 0 Å². The van der Waals surface area contributed by atoms with Crippen molar-refractivity contribution in [1.29, 1.82) is 0 Å². The number of hydrogen-bond donors (Lipinski definition) is 3. The van der Waals surface area contributed by atoms with E-state index < -0.39 is 29.6 Å². The number of nitrogen functional groups attached to an aromatic ring is 1. The lowest BCUT2D eigenvalue weighted by Crippen LogP contribution is -2.50. The highest BCUT2D eigenvalue weighted by Gasteiger charge is 2.22. The molecular weight excluding hydrogens is 298 g/mol.